The molecular weight excluding hydrogens is 250 g/mol. The maximum atomic E-state index is 12.6. The van der Waals surface area contributed by atoms with Crippen LogP contribution in [0, 0.1) is 5.92 Å². The molecule has 0 saturated carbocycles. The molecule has 2 rings (SSSR count). The number of hydrogen-bond acceptors (Lipinski definition) is 4. The van der Waals surface area contributed by atoms with Gasteiger partial charge in [0.25, 0.3) is 0 Å². The number of rotatable bonds is 3. The third-order valence-electron chi connectivity index (χ3n) is 4.24. The second-order valence-electron chi connectivity index (χ2n) is 5.84. The Bertz CT molecular complexity index is 377. The lowest BCUT2D eigenvalue weighted by Crippen LogP contribution is -2.46. The molecule has 2 aliphatic rings. The molecule has 2 heterocycles. The van der Waals surface area contributed by atoms with Crippen molar-refractivity contribution in [2.45, 2.75) is 31.1 Å². The van der Waals surface area contributed by atoms with E-state index in [1.54, 1.807) is 4.31 Å². The van der Waals surface area contributed by atoms with Gasteiger partial charge in [-0.1, -0.05) is 6.92 Å². The van der Waals surface area contributed by atoms with Crippen LogP contribution in [0.2, 0.25) is 0 Å². The fourth-order valence-corrected chi connectivity index (χ4v) is 5.09. The lowest BCUT2D eigenvalue weighted by molar-refractivity contribution is 0.262. The van der Waals surface area contributed by atoms with E-state index in [-0.39, 0.29) is 5.25 Å². The van der Waals surface area contributed by atoms with E-state index in [0.717, 1.165) is 19.4 Å². The highest BCUT2D eigenvalue weighted by Crippen LogP contribution is 2.26. The summed E-state index contributed by atoms with van der Waals surface area (Å²) in [7, 11) is 0.938. The maximum absolute atomic E-state index is 12.6. The summed E-state index contributed by atoms with van der Waals surface area (Å²) in [6, 6.07) is 0.344. The molecule has 0 aromatic heterocycles. The number of nitrogens with zero attached hydrogens (tertiary/aromatic N) is 2. The third kappa shape index (κ3) is 2.71. The van der Waals surface area contributed by atoms with Gasteiger partial charge in [0.05, 0.1) is 5.25 Å². The largest absolute Gasteiger partial charge is 0.315 e. The van der Waals surface area contributed by atoms with E-state index in [1.807, 2.05) is 14.1 Å². The van der Waals surface area contributed by atoms with Gasteiger partial charge in [0, 0.05) is 25.7 Å². The predicted molar refractivity (Wildman–Crippen MR) is 73.0 cm³/mol. The normalized spacial score (nSPS) is 35.2. The fraction of sp³-hybridized carbons (Fsp3) is 1.00. The molecular formula is C12H25N3O2S. The van der Waals surface area contributed by atoms with Gasteiger partial charge >= 0.3 is 0 Å². The molecule has 5 nitrogen and oxygen atoms in total. The first-order chi connectivity index (χ1) is 8.43. The van der Waals surface area contributed by atoms with Crippen LogP contribution in [-0.2, 0) is 10.0 Å². The Balaban J connectivity index is 2.07. The minimum Gasteiger partial charge on any atom is -0.315 e. The molecule has 1 N–H and O–H groups in total. The molecule has 0 aromatic carbocycles. The highest BCUT2D eigenvalue weighted by Gasteiger charge is 2.41. The van der Waals surface area contributed by atoms with Crippen molar-refractivity contribution in [3.8, 4) is 0 Å². The molecule has 3 unspecified atom stereocenters. The summed E-state index contributed by atoms with van der Waals surface area (Å²) in [5.74, 6) is 0.409. The zero-order valence-corrected chi connectivity index (χ0v) is 12.4. The average molecular weight is 275 g/mol. The van der Waals surface area contributed by atoms with E-state index in [9.17, 15) is 8.42 Å². The topological polar surface area (TPSA) is 52.7 Å². The molecule has 3 atom stereocenters. The maximum Gasteiger partial charge on any atom is 0.218 e. The molecule has 2 aliphatic heterocycles. The first-order valence-corrected chi connectivity index (χ1v) is 8.29. The van der Waals surface area contributed by atoms with Gasteiger partial charge in [0.1, 0.15) is 0 Å². The molecule has 6 heteroatoms. The zero-order valence-electron chi connectivity index (χ0n) is 11.6. The van der Waals surface area contributed by atoms with E-state index >= 15 is 0 Å². The van der Waals surface area contributed by atoms with E-state index in [0.29, 0.717) is 31.6 Å². The fourth-order valence-electron chi connectivity index (χ4n) is 3.07. The van der Waals surface area contributed by atoms with Gasteiger partial charge < -0.3 is 10.2 Å². The summed E-state index contributed by atoms with van der Waals surface area (Å²) in [4.78, 5) is 2.14. The molecule has 106 valence electrons. The van der Waals surface area contributed by atoms with Crippen LogP contribution < -0.4 is 5.32 Å². The smallest absolute Gasteiger partial charge is 0.218 e. The Morgan fingerprint density at radius 3 is 2.50 bits per heavy atom. The van der Waals surface area contributed by atoms with Crippen LogP contribution >= 0.6 is 0 Å². The van der Waals surface area contributed by atoms with Gasteiger partial charge in [-0.3, -0.25) is 0 Å². The van der Waals surface area contributed by atoms with Crippen molar-refractivity contribution in [1.82, 2.24) is 14.5 Å². The van der Waals surface area contributed by atoms with E-state index in [4.69, 9.17) is 0 Å². The number of hydrogen-bond donors (Lipinski definition) is 1. The van der Waals surface area contributed by atoms with Crippen molar-refractivity contribution in [3.05, 3.63) is 0 Å². The monoisotopic (exact) mass is 275 g/mol. The van der Waals surface area contributed by atoms with Crippen molar-refractivity contribution in [1.29, 1.82) is 0 Å². The van der Waals surface area contributed by atoms with Crippen LogP contribution in [0.15, 0.2) is 0 Å². The van der Waals surface area contributed by atoms with Gasteiger partial charge in [0.2, 0.25) is 10.0 Å². The summed E-state index contributed by atoms with van der Waals surface area (Å²) in [5.41, 5.74) is 0. The number of nitrogens with one attached hydrogen (secondary N) is 1. The lowest BCUT2D eigenvalue weighted by atomic mass is 10.1. The standard InChI is InChI=1S/C12H25N3O2S/c1-10-8-15(9-12(10)14(2)3)18(16,17)11-5-4-6-13-7-11/h10-13H,4-9H2,1-3H3. The first-order valence-electron chi connectivity index (χ1n) is 6.79. The molecule has 0 aliphatic carbocycles. The Morgan fingerprint density at radius 1 is 1.28 bits per heavy atom. The molecule has 2 fully saturated rings. The second kappa shape index (κ2) is 5.45. The molecule has 0 amide bonds. The summed E-state index contributed by atoms with van der Waals surface area (Å²) in [6.45, 7) is 5.01. The number of likely N-dealkylation sites (N-methyl/N-ethyl adjacent to an activating group) is 1. The third-order valence-corrected chi connectivity index (χ3v) is 6.50. The van der Waals surface area contributed by atoms with Crippen molar-refractivity contribution < 1.29 is 8.42 Å². The molecule has 0 aromatic rings. The Hall–Kier alpha value is -0.170. The molecule has 2 saturated heterocycles. The summed E-state index contributed by atoms with van der Waals surface area (Å²) >= 11 is 0. The van der Waals surface area contributed by atoms with E-state index < -0.39 is 10.0 Å². The van der Waals surface area contributed by atoms with Crippen LogP contribution in [0.5, 0.6) is 0 Å². The quantitative estimate of drug-likeness (QED) is 0.785. The van der Waals surface area contributed by atoms with Crippen molar-refractivity contribution in [3.63, 3.8) is 0 Å². The average Bonchev–Trinajstić information content (AvgIpc) is 2.73. The summed E-state index contributed by atoms with van der Waals surface area (Å²) in [6.07, 6.45) is 1.76. The van der Waals surface area contributed by atoms with Crippen LogP contribution in [-0.4, -0.2) is 69.2 Å². The first kappa shape index (κ1) is 14.2. The Morgan fingerprint density at radius 2 is 2.00 bits per heavy atom. The lowest BCUT2D eigenvalue weighted by Gasteiger charge is -2.28. The van der Waals surface area contributed by atoms with Crippen molar-refractivity contribution >= 4 is 10.0 Å². The second-order valence-corrected chi connectivity index (χ2v) is 8.05. The Labute approximate surface area is 111 Å². The van der Waals surface area contributed by atoms with E-state index in [2.05, 4.69) is 17.1 Å². The highest BCUT2D eigenvalue weighted by molar-refractivity contribution is 7.89. The number of piperidine rings is 1. The van der Waals surface area contributed by atoms with Crippen molar-refractivity contribution in [2.75, 3.05) is 40.3 Å². The molecule has 0 spiro atoms. The summed E-state index contributed by atoms with van der Waals surface area (Å²) in [5, 5.41) is 2.97. The Kier molecular flexibility index (Phi) is 4.31. The molecule has 0 radical (unpaired) electrons. The van der Waals surface area contributed by atoms with Crippen molar-refractivity contribution in [2.24, 2.45) is 5.92 Å². The van der Waals surface area contributed by atoms with Crippen LogP contribution in [0.4, 0.5) is 0 Å². The van der Waals surface area contributed by atoms with Gasteiger partial charge in [0.15, 0.2) is 0 Å². The van der Waals surface area contributed by atoms with E-state index in [1.165, 1.54) is 0 Å². The predicted octanol–water partition coefficient (Wildman–Crippen LogP) is -0.0499. The zero-order chi connectivity index (χ0) is 13.3. The van der Waals surface area contributed by atoms with Crippen LogP contribution in [0.25, 0.3) is 0 Å². The molecule has 18 heavy (non-hydrogen) atoms. The molecule has 0 bridgehead atoms. The SMILES string of the molecule is CC1CN(S(=O)(=O)C2CCCNC2)CC1N(C)C. The summed E-state index contributed by atoms with van der Waals surface area (Å²) < 4.78 is 26.8. The van der Waals surface area contributed by atoms with Crippen LogP contribution in [0.3, 0.4) is 0 Å². The minimum atomic E-state index is -3.12. The minimum absolute atomic E-state index is 0.223. The van der Waals surface area contributed by atoms with Gasteiger partial charge in [-0.2, -0.15) is 4.31 Å². The van der Waals surface area contributed by atoms with Gasteiger partial charge in [-0.15, -0.1) is 0 Å². The van der Waals surface area contributed by atoms with Gasteiger partial charge in [-0.05, 0) is 39.4 Å². The van der Waals surface area contributed by atoms with Gasteiger partial charge in [-0.25, -0.2) is 8.42 Å². The van der Waals surface area contributed by atoms with Crippen LogP contribution in [0.1, 0.15) is 19.8 Å². The highest BCUT2D eigenvalue weighted by atomic mass is 32.2. The number of sulfonamides is 1.